The highest BCUT2D eigenvalue weighted by Crippen LogP contribution is 2.31. The molecule has 0 radical (unpaired) electrons. The van der Waals surface area contributed by atoms with Crippen molar-refractivity contribution in [2.24, 2.45) is 11.8 Å². The number of benzene rings is 1. The first kappa shape index (κ1) is 25.7. The third kappa shape index (κ3) is 5.72. The molecule has 1 atom stereocenters. The van der Waals surface area contributed by atoms with E-state index in [1.807, 2.05) is 22.7 Å². The van der Waals surface area contributed by atoms with Crippen molar-refractivity contribution in [1.29, 1.82) is 0 Å². The second kappa shape index (κ2) is 11.1. The summed E-state index contributed by atoms with van der Waals surface area (Å²) >= 11 is 0. The minimum absolute atomic E-state index is 0.0636. The molecular weight excluding hydrogens is 452 g/mol. The number of aromatic nitrogens is 2. The predicted molar refractivity (Wildman–Crippen MR) is 143 cm³/mol. The first-order chi connectivity index (χ1) is 17.2. The van der Waals surface area contributed by atoms with E-state index in [9.17, 15) is 14.7 Å². The van der Waals surface area contributed by atoms with Gasteiger partial charge < -0.3 is 15.7 Å². The summed E-state index contributed by atoms with van der Waals surface area (Å²) in [5.74, 6) is 0.287. The second-order valence-electron chi connectivity index (χ2n) is 10.6. The van der Waals surface area contributed by atoms with Crippen LogP contribution < -0.4 is 10.6 Å². The Bertz CT molecular complexity index is 1220. The molecular formula is C29H38N4O3. The summed E-state index contributed by atoms with van der Waals surface area (Å²) in [4.78, 5) is 30.0. The van der Waals surface area contributed by atoms with E-state index in [1.165, 1.54) is 6.42 Å². The van der Waals surface area contributed by atoms with E-state index in [4.69, 9.17) is 4.98 Å². The molecule has 1 aliphatic carbocycles. The molecule has 1 amide bonds. The summed E-state index contributed by atoms with van der Waals surface area (Å²) in [5, 5.41) is 16.2. The van der Waals surface area contributed by atoms with Crippen LogP contribution in [0.4, 0.5) is 11.5 Å². The van der Waals surface area contributed by atoms with E-state index in [1.54, 1.807) is 6.07 Å². The van der Waals surface area contributed by atoms with Crippen molar-refractivity contribution in [3.8, 4) is 0 Å². The molecule has 0 spiro atoms. The van der Waals surface area contributed by atoms with Gasteiger partial charge >= 0.3 is 5.97 Å². The molecule has 1 aromatic carbocycles. The fourth-order valence-corrected chi connectivity index (χ4v) is 5.39. The van der Waals surface area contributed by atoms with Crippen LogP contribution in [0.25, 0.3) is 5.65 Å². The monoisotopic (exact) mass is 490 g/mol. The summed E-state index contributed by atoms with van der Waals surface area (Å²) in [5.41, 5.74) is 5.26. The van der Waals surface area contributed by atoms with Gasteiger partial charge in [-0.3, -0.25) is 14.0 Å². The zero-order chi connectivity index (χ0) is 25.8. The molecule has 192 valence electrons. The quantitative estimate of drug-likeness (QED) is 0.339. The maximum atomic E-state index is 13.5. The highest BCUT2D eigenvalue weighted by molar-refractivity contribution is 6.00. The van der Waals surface area contributed by atoms with Crippen LogP contribution in [0.15, 0.2) is 36.5 Å². The van der Waals surface area contributed by atoms with Crippen molar-refractivity contribution >= 4 is 29.0 Å². The third-order valence-corrected chi connectivity index (χ3v) is 7.22. The number of pyridine rings is 1. The lowest BCUT2D eigenvalue weighted by Gasteiger charge is -2.30. The Morgan fingerprint density at radius 3 is 2.42 bits per heavy atom. The molecule has 2 aromatic heterocycles. The molecule has 1 fully saturated rings. The van der Waals surface area contributed by atoms with Gasteiger partial charge in [-0.15, -0.1) is 0 Å². The van der Waals surface area contributed by atoms with Crippen LogP contribution in [0, 0.1) is 25.7 Å². The fraction of sp³-hybridized carbons (Fsp3) is 0.483. The molecule has 4 rings (SSSR count). The van der Waals surface area contributed by atoms with E-state index in [0.29, 0.717) is 17.1 Å². The van der Waals surface area contributed by atoms with Gasteiger partial charge in [0.2, 0.25) is 0 Å². The Morgan fingerprint density at radius 1 is 1.08 bits per heavy atom. The summed E-state index contributed by atoms with van der Waals surface area (Å²) in [6.07, 6.45) is 7.87. The minimum Gasteiger partial charge on any atom is -0.481 e. The van der Waals surface area contributed by atoms with Crippen LogP contribution in [0.2, 0.25) is 0 Å². The van der Waals surface area contributed by atoms with Crippen molar-refractivity contribution in [1.82, 2.24) is 14.7 Å². The van der Waals surface area contributed by atoms with Crippen molar-refractivity contribution in [2.75, 3.05) is 5.32 Å². The number of hydrogen-bond donors (Lipinski definition) is 3. The van der Waals surface area contributed by atoms with Gasteiger partial charge in [-0.25, -0.2) is 4.98 Å². The molecule has 1 unspecified atom stereocenters. The van der Waals surface area contributed by atoms with Crippen molar-refractivity contribution < 1.29 is 14.7 Å². The predicted octanol–water partition coefficient (Wildman–Crippen LogP) is 6.05. The van der Waals surface area contributed by atoms with Gasteiger partial charge in [0.25, 0.3) is 5.91 Å². The van der Waals surface area contributed by atoms with Gasteiger partial charge in [-0.2, -0.15) is 0 Å². The number of para-hydroxylation sites is 1. The number of nitrogens with zero attached hydrogens (tertiary/aromatic N) is 2. The molecule has 1 aliphatic rings. The molecule has 2 heterocycles. The molecule has 3 aromatic rings. The maximum Gasteiger partial charge on any atom is 0.305 e. The molecule has 36 heavy (non-hydrogen) atoms. The molecule has 7 heteroatoms. The Kier molecular flexibility index (Phi) is 7.97. The minimum atomic E-state index is -0.885. The smallest absolute Gasteiger partial charge is 0.305 e. The summed E-state index contributed by atoms with van der Waals surface area (Å²) in [6.45, 7) is 8.46. The fourth-order valence-electron chi connectivity index (χ4n) is 5.39. The number of aliphatic carboxylic acids is 1. The van der Waals surface area contributed by atoms with Crippen LogP contribution >= 0.6 is 0 Å². The summed E-state index contributed by atoms with van der Waals surface area (Å²) in [6, 6.07) is 9.44. The van der Waals surface area contributed by atoms with Crippen molar-refractivity contribution in [3.05, 3.63) is 58.9 Å². The number of hydrogen-bond acceptors (Lipinski definition) is 4. The van der Waals surface area contributed by atoms with E-state index in [2.05, 4.69) is 50.5 Å². The Labute approximate surface area is 213 Å². The number of carbonyl (C=O) groups excluding carboxylic acids is 1. The SMILES string of the molecule is Cc1cccc(C)c1Nc1c(CC(C)C)nc2c(C(=O)NC(CC(=O)O)C3CCCCC3)cccn12. The Balaban J connectivity index is 1.71. The Hall–Kier alpha value is -3.35. The van der Waals surface area contributed by atoms with Gasteiger partial charge in [0, 0.05) is 17.9 Å². The summed E-state index contributed by atoms with van der Waals surface area (Å²) in [7, 11) is 0. The van der Waals surface area contributed by atoms with Crippen LogP contribution in [-0.2, 0) is 11.2 Å². The number of nitrogens with one attached hydrogen (secondary N) is 2. The summed E-state index contributed by atoms with van der Waals surface area (Å²) < 4.78 is 1.95. The van der Waals surface area contributed by atoms with Gasteiger partial charge in [0.05, 0.1) is 17.7 Å². The zero-order valence-corrected chi connectivity index (χ0v) is 21.8. The number of carbonyl (C=O) groups is 2. The standard InChI is InChI=1S/C29H38N4O3/c1-18(2)16-24-28(32-26-19(3)10-8-11-20(26)4)33-15-9-14-22(27(33)30-24)29(36)31-23(17-25(34)35)21-12-6-5-7-13-21/h8-11,14-15,18,21,23,32H,5-7,12-13,16-17H2,1-4H3,(H,31,36)(H,34,35). The average molecular weight is 491 g/mol. The van der Waals surface area contributed by atoms with Gasteiger partial charge in [-0.1, -0.05) is 51.3 Å². The number of carboxylic acid groups (broad SMARTS) is 1. The highest BCUT2D eigenvalue weighted by atomic mass is 16.4. The first-order valence-electron chi connectivity index (χ1n) is 13.1. The van der Waals surface area contributed by atoms with Crippen LogP contribution in [0.1, 0.15) is 79.6 Å². The molecule has 0 saturated heterocycles. The molecule has 3 N–H and O–H groups in total. The van der Waals surface area contributed by atoms with Crippen LogP contribution in [0.5, 0.6) is 0 Å². The zero-order valence-electron chi connectivity index (χ0n) is 21.8. The van der Waals surface area contributed by atoms with Crippen LogP contribution in [0.3, 0.4) is 0 Å². The average Bonchev–Trinajstić information content (AvgIpc) is 3.17. The normalized spacial score (nSPS) is 15.2. The van der Waals surface area contributed by atoms with Crippen molar-refractivity contribution in [3.63, 3.8) is 0 Å². The maximum absolute atomic E-state index is 13.5. The van der Waals surface area contributed by atoms with Gasteiger partial charge in [0.15, 0.2) is 5.65 Å². The lowest BCUT2D eigenvalue weighted by molar-refractivity contribution is -0.137. The number of rotatable bonds is 9. The van der Waals surface area contributed by atoms with E-state index >= 15 is 0 Å². The third-order valence-electron chi connectivity index (χ3n) is 7.22. The largest absolute Gasteiger partial charge is 0.481 e. The van der Waals surface area contributed by atoms with Crippen LogP contribution in [-0.4, -0.2) is 32.4 Å². The Morgan fingerprint density at radius 2 is 1.78 bits per heavy atom. The molecule has 1 saturated carbocycles. The van der Waals surface area contributed by atoms with E-state index < -0.39 is 5.97 Å². The van der Waals surface area contributed by atoms with Crippen molar-refractivity contribution in [2.45, 2.75) is 78.7 Å². The lowest BCUT2D eigenvalue weighted by atomic mass is 9.82. The number of aryl methyl sites for hydroxylation is 2. The molecule has 0 bridgehead atoms. The number of imidazole rings is 1. The van der Waals surface area contributed by atoms with Gasteiger partial charge in [0.1, 0.15) is 5.82 Å². The first-order valence-corrected chi connectivity index (χ1v) is 13.1. The van der Waals surface area contributed by atoms with E-state index in [-0.39, 0.29) is 24.3 Å². The number of amides is 1. The topological polar surface area (TPSA) is 95.7 Å². The van der Waals surface area contributed by atoms with E-state index in [0.717, 1.165) is 60.4 Å². The number of anilines is 2. The second-order valence-corrected chi connectivity index (χ2v) is 10.6. The lowest BCUT2D eigenvalue weighted by Crippen LogP contribution is -2.42. The molecule has 7 nitrogen and oxygen atoms in total. The van der Waals surface area contributed by atoms with Gasteiger partial charge in [-0.05, 0) is 68.2 Å². The number of carboxylic acids is 1. The number of fused-ring (bicyclic) bond motifs is 1. The molecule has 0 aliphatic heterocycles. The highest BCUT2D eigenvalue weighted by Gasteiger charge is 2.29.